The van der Waals surface area contributed by atoms with Crippen LogP contribution in [0.2, 0.25) is 0 Å². The maximum atomic E-state index is 12.6. The Morgan fingerprint density at radius 3 is 2.71 bits per heavy atom. The van der Waals surface area contributed by atoms with Gasteiger partial charge in [0.25, 0.3) is 0 Å². The Morgan fingerprint density at radius 1 is 1.35 bits per heavy atom. The molecular weight excluding hydrogens is 216 g/mol. The van der Waals surface area contributed by atoms with Crippen molar-refractivity contribution in [3.05, 3.63) is 0 Å². The molecule has 3 heteroatoms. The lowest BCUT2D eigenvalue weighted by atomic mass is 9.53. The van der Waals surface area contributed by atoms with E-state index in [2.05, 4.69) is 13.8 Å². The molecule has 2 fully saturated rings. The predicted octanol–water partition coefficient (Wildman–Crippen LogP) is 2.73. The summed E-state index contributed by atoms with van der Waals surface area (Å²) in [6.45, 7) is 6.46. The fourth-order valence-corrected chi connectivity index (χ4v) is 3.47. The monoisotopic (exact) mass is 238 g/mol. The fraction of sp³-hybridized carbons (Fsp3) is 0.857. The zero-order valence-corrected chi connectivity index (χ0v) is 11.0. The maximum Gasteiger partial charge on any atom is 0.319 e. The Morgan fingerprint density at radius 2 is 2.06 bits per heavy atom. The molecule has 0 aromatic rings. The first-order valence-electron chi connectivity index (χ1n) is 6.65. The van der Waals surface area contributed by atoms with E-state index in [1.165, 1.54) is 0 Å². The number of ether oxygens (including phenoxy) is 1. The quantitative estimate of drug-likeness (QED) is 0.549. The minimum absolute atomic E-state index is 0.0491. The number of hydrogen-bond donors (Lipinski definition) is 0. The smallest absolute Gasteiger partial charge is 0.319 e. The molecule has 3 nitrogen and oxygen atoms in total. The topological polar surface area (TPSA) is 43.4 Å². The van der Waals surface area contributed by atoms with E-state index in [-0.39, 0.29) is 23.1 Å². The summed E-state index contributed by atoms with van der Waals surface area (Å²) in [6, 6.07) is 0. The molecule has 2 saturated carbocycles. The van der Waals surface area contributed by atoms with Crippen LogP contribution < -0.4 is 0 Å². The first kappa shape index (κ1) is 12.6. The van der Waals surface area contributed by atoms with Crippen molar-refractivity contribution in [2.45, 2.75) is 52.9 Å². The first-order chi connectivity index (χ1) is 7.94. The van der Waals surface area contributed by atoms with Crippen LogP contribution in [0, 0.1) is 16.7 Å². The number of rotatable bonds is 2. The second kappa shape index (κ2) is 4.11. The van der Waals surface area contributed by atoms with E-state index in [9.17, 15) is 9.59 Å². The number of carbonyl (C=O) groups excluding carboxylic acids is 2. The Hall–Kier alpha value is -0.860. The van der Waals surface area contributed by atoms with Crippen molar-refractivity contribution >= 4 is 11.8 Å². The number of fused-ring (bicyclic) bond motifs is 2. The van der Waals surface area contributed by atoms with Gasteiger partial charge in [0.15, 0.2) is 5.78 Å². The molecule has 0 aliphatic heterocycles. The molecule has 2 rings (SSSR count). The van der Waals surface area contributed by atoms with Crippen LogP contribution in [0.25, 0.3) is 0 Å². The lowest BCUT2D eigenvalue weighted by Gasteiger charge is -2.49. The van der Waals surface area contributed by atoms with E-state index in [0.717, 1.165) is 19.3 Å². The predicted molar refractivity (Wildman–Crippen MR) is 64.4 cm³/mol. The highest BCUT2D eigenvalue weighted by Crippen LogP contribution is 2.54. The van der Waals surface area contributed by atoms with E-state index in [1.54, 1.807) is 6.92 Å². The maximum absolute atomic E-state index is 12.6. The molecule has 0 spiro atoms. The molecule has 96 valence electrons. The molecule has 2 aliphatic rings. The summed E-state index contributed by atoms with van der Waals surface area (Å²) in [7, 11) is 0. The minimum atomic E-state index is -0.797. The Labute approximate surface area is 103 Å². The van der Waals surface area contributed by atoms with Crippen LogP contribution in [0.4, 0.5) is 0 Å². The van der Waals surface area contributed by atoms with Crippen LogP contribution in [0.1, 0.15) is 52.9 Å². The van der Waals surface area contributed by atoms with Gasteiger partial charge >= 0.3 is 5.97 Å². The van der Waals surface area contributed by atoms with Gasteiger partial charge < -0.3 is 4.74 Å². The third-order valence-corrected chi connectivity index (χ3v) is 4.69. The van der Waals surface area contributed by atoms with Gasteiger partial charge in [-0.1, -0.05) is 20.3 Å². The van der Waals surface area contributed by atoms with Crippen molar-refractivity contribution in [1.29, 1.82) is 0 Å². The molecule has 0 amide bonds. The SMILES string of the molecule is CCOC(=O)C12CCCC(C1=O)C(C)(C)CC2. The van der Waals surface area contributed by atoms with Gasteiger partial charge in [0.2, 0.25) is 0 Å². The van der Waals surface area contributed by atoms with E-state index in [4.69, 9.17) is 4.74 Å². The minimum Gasteiger partial charge on any atom is -0.465 e. The molecule has 0 aromatic heterocycles. The number of carbonyl (C=O) groups is 2. The van der Waals surface area contributed by atoms with Crippen LogP contribution in [0.15, 0.2) is 0 Å². The second-order valence-electron chi connectivity index (χ2n) is 6.10. The van der Waals surface area contributed by atoms with Gasteiger partial charge in [-0.15, -0.1) is 0 Å². The summed E-state index contributed by atoms with van der Waals surface area (Å²) in [5.74, 6) is -0.0712. The van der Waals surface area contributed by atoms with Crippen LogP contribution >= 0.6 is 0 Å². The molecular formula is C14H22O3. The molecule has 0 saturated heterocycles. The van der Waals surface area contributed by atoms with E-state index in [0.29, 0.717) is 19.4 Å². The largest absolute Gasteiger partial charge is 0.465 e. The lowest BCUT2D eigenvalue weighted by Crippen LogP contribution is -2.54. The van der Waals surface area contributed by atoms with E-state index >= 15 is 0 Å². The molecule has 0 N–H and O–H groups in total. The highest BCUT2D eigenvalue weighted by molar-refractivity contribution is 6.06. The molecule has 0 radical (unpaired) electrons. The summed E-state index contributed by atoms with van der Waals surface area (Å²) >= 11 is 0. The average Bonchev–Trinajstić information content (AvgIpc) is 2.26. The van der Waals surface area contributed by atoms with Gasteiger partial charge in [-0.25, -0.2) is 0 Å². The number of Topliss-reactive ketones (excluding diaryl/α,β-unsaturated/α-hetero) is 1. The highest BCUT2D eigenvalue weighted by atomic mass is 16.5. The molecule has 2 unspecified atom stereocenters. The van der Waals surface area contributed by atoms with Gasteiger partial charge in [-0.2, -0.15) is 0 Å². The normalized spacial score (nSPS) is 35.5. The number of hydrogen-bond acceptors (Lipinski definition) is 3. The van der Waals surface area contributed by atoms with Gasteiger partial charge in [0.1, 0.15) is 5.41 Å². The van der Waals surface area contributed by atoms with Crippen molar-refractivity contribution in [3.63, 3.8) is 0 Å². The summed E-state index contributed by atoms with van der Waals surface area (Å²) in [5.41, 5.74) is -0.748. The van der Waals surface area contributed by atoms with Gasteiger partial charge in [0.05, 0.1) is 6.61 Å². The van der Waals surface area contributed by atoms with Crippen molar-refractivity contribution in [3.8, 4) is 0 Å². The van der Waals surface area contributed by atoms with Crippen molar-refractivity contribution in [1.82, 2.24) is 0 Å². The van der Waals surface area contributed by atoms with Crippen molar-refractivity contribution < 1.29 is 14.3 Å². The summed E-state index contributed by atoms with van der Waals surface area (Å²) in [6.07, 6.45) is 4.22. The van der Waals surface area contributed by atoms with Gasteiger partial charge in [-0.3, -0.25) is 9.59 Å². The molecule has 17 heavy (non-hydrogen) atoms. The molecule has 2 aliphatic carbocycles. The second-order valence-corrected chi connectivity index (χ2v) is 6.10. The van der Waals surface area contributed by atoms with Crippen LogP contribution in [-0.2, 0) is 14.3 Å². The van der Waals surface area contributed by atoms with E-state index in [1.807, 2.05) is 0 Å². The Kier molecular flexibility index (Phi) is 3.04. The van der Waals surface area contributed by atoms with Gasteiger partial charge in [-0.05, 0) is 38.0 Å². The molecule has 0 aromatic carbocycles. The third kappa shape index (κ3) is 1.80. The summed E-state index contributed by atoms with van der Waals surface area (Å²) in [5, 5.41) is 0. The highest BCUT2D eigenvalue weighted by Gasteiger charge is 2.58. The Balaban J connectivity index is 2.30. The number of esters is 1. The standard InChI is InChI=1S/C14H22O3/c1-4-17-12(16)14-7-5-6-10(11(14)15)13(2,3)8-9-14/h10H,4-9H2,1-3H3. The molecule has 2 atom stereocenters. The molecule has 2 bridgehead atoms. The lowest BCUT2D eigenvalue weighted by molar-refractivity contribution is -0.171. The summed E-state index contributed by atoms with van der Waals surface area (Å²) in [4.78, 5) is 24.7. The number of ketones is 1. The van der Waals surface area contributed by atoms with Crippen LogP contribution in [-0.4, -0.2) is 18.4 Å². The first-order valence-corrected chi connectivity index (χ1v) is 6.65. The van der Waals surface area contributed by atoms with Crippen LogP contribution in [0.5, 0.6) is 0 Å². The zero-order chi connectivity index (χ0) is 12.7. The van der Waals surface area contributed by atoms with Gasteiger partial charge in [0, 0.05) is 5.92 Å². The Bertz CT molecular complexity index is 345. The fourth-order valence-electron chi connectivity index (χ4n) is 3.47. The third-order valence-electron chi connectivity index (χ3n) is 4.69. The molecule has 0 heterocycles. The van der Waals surface area contributed by atoms with Crippen LogP contribution in [0.3, 0.4) is 0 Å². The average molecular weight is 238 g/mol. The van der Waals surface area contributed by atoms with Crippen molar-refractivity contribution in [2.24, 2.45) is 16.7 Å². The summed E-state index contributed by atoms with van der Waals surface area (Å²) < 4.78 is 5.14. The zero-order valence-electron chi connectivity index (χ0n) is 11.0. The van der Waals surface area contributed by atoms with Crippen molar-refractivity contribution in [2.75, 3.05) is 6.61 Å². The van der Waals surface area contributed by atoms with E-state index < -0.39 is 5.41 Å².